The van der Waals surface area contributed by atoms with E-state index in [0.717, 1.165) is 17.3 Å². The number of aldehydes is 1. The van der Waals surface area contributed by atoms with Gasteiger partial charge in [-0.15, -0.1) is 0 Å². The van der Waals surface area contributed by atoms with Crippen LogP contribution in [-0.2, 0) is 0 Å². The third kappa shape index (κ3) is 3.77. The normalized spacial score (nSPS) is 8.25. The van der Waals surface area contributed by atoms with Gasteiger partial charge in [-0.25, -0.2) is 0 Å². The van der Waals surface area contributed by atoms with Crippen molar-refractivity contribution in [3.8, 4) is 0 Å². The second-order valence-corrected chi connectivity index (χ2v) is 2.42. The Morgan fingerprint density at radius 2 is 1.50 bits per heavy atom. The number of rotatable bonds is 1. The minimum Gasteiger partial charge on any atom is -0.298 e. The van der Waals surface area contributed by atoms with Gasteiger partial charge < -0.3 is 0 Å². The summed E-state index contributed by atoms with van der Waals surface area (Å²) in [4.78, 5) is 18.5. The fourth-order valence-electron chi connectivity index (χ4n) is 1.05. The fraction of sp³-hybridized carbons (Fsp3) is 0.308. The second kappa shape index (κ2) is 8.53. The Kier molecular flexibility index (Phi) is 7.59. The molecule has 0 spiro atoms. The monoisotopic (exact) mass is 218 g/mol. The van der Waals surface area contributed by atoms with Crippen LogP contribution >= 0.6 is 0 Å². The maximum Gasteiger partial charge on any atom is 0.150 e. The standard InChI is InChI=1S/C9H6N2O.2C2H6/c12-6-7-1-2-8-9(5-7)11-4-3-10-8;2*1-2/h1-6H;2*1-2H3. The molecule has 0 fully saturated rings. The van der Waals surface area contributed by atoms with Crippen LogP contribution in [0.25, 0.3) is 11.0 Å². The van der Waals surface area contributed by atoms with Crippen LogP contribution in [0.5, 0.6) is 0 Å². The van der Waals surface area contributed by atoms with Gasteiger partial charge in [-0.2, -0.15) is 0 Å². The summed E-state index contributed by atoms with van der Waals surface area (Å²) < 4.78 is 0. The molecule has 0 unspecified atom stereocenters. The van der Waals surface area contributed by atoms with Crippen molar-refractivity contribution in [2.45, 2.75) is 27.7 Å². The van der Waals surface area contributed by atoms with E-state index in [1.165, 1.54) is 0 Å². The van der Waals surface area contributed by atoms with Crippen LogP contribution < -0.4 is 0 Å². The number of hydrogen-bond donors (Lipinski definition) is 0. The molecule has 3 heteroatoms. The Balaban J connectivity index is 0.000000509. The van der Waals surface area contributed by atoms with Crippen molar-refractivity contribution in [1.29, 1.82) is 0 Å². The van der Waals surface area contributed by atoms with Gasteiger partial charge in [-0.3, -0.25) is 14.8 Å². The molecule has 0 aliphatic heterocycles. The van der Waals surface area contributed by atoms with Crippen LogP contribution in [-0.4, -0.2) is 16.3 Å². The molecule has 0 radical (unpaired) electrons. The molecular weight excluding hydrogens is 200 g/mol. The molecule has 0 atom stereocenters. The SMILES string of the molecule is CC.CC.O=Cc1ccc2nccnc2c1. The molecule has 16 heavy (non-hydrogen) atoms. The molecule has 1 aromatic heterocycles. The van der Waals surface area contributed by atoms with Crippen LogP contribution in [0.3, 0.4) is 0 Å². The molecule has 0 N–H and O–H groups in total. The number of carbonyl (C=O) groups is 1. The summed E-state index contributed by atoms with van der Waals surface area (Å²) in [6, 6.07) is 5.23. The van der Waals surface area contributed by atoms with Gasteiger partial charge in [0.15, 0.2) is 0 Å². The van der Waals surface area contributed by atoms with Crippen molar-refractivity contribution in [1.82, 2.24) is 9.97 Å². The van der Waals surface area contributed by atoms with Crippen LogP contribution in [0.2, 0.25) is 0 Å². The predicted octanol–water partition coefficient (Wildman–Crippen LogP) is 3.49. The summed E-state index contributed by atoms with van der Waals surface area (Å²) in [7, 11) is 0. The van der Waals surface area contributed by atoms with Crippen LogP contribution in [0.15, 0.2) is 30.6 Å². The average molecular weight is 218 g/mol. The lowest BCUT2D eigenvalue weighted by Crippen LogP contribution is -1.84. The number of benzene rings is 1. The highest BCUT2D eigenvalue weighted by Gasteiger charge is 1.95. The Hall–Kier alpha value is -1.77. The minimum absolute atomic E-state index is 0.628. The van der Waals surface area contributed by atoms with E-state index in [0.29, 0.717) is 5.56 Å². The fourth-order valence-corrected chi connectivity index (χ4v) is 1.05. The van der Waals surface area contributed by atoms with E-state index in [4.69, 9.17) is 0 Å². The summed E-state index contributed by atoms with van der Waals surface area (Å²) in [6.45, 7) is 8.00. The van der Waals surface area contributed by atoms with Crippen molar-refractivity contribution in [3.63, 3.8) is 0 Å². The molecule has 3 nitrogen and oxygen atoms in total. The maximum absolute atomic E-state index is 10.4. The van der Waals surface area contributed by atoms with Gasteiger partial charge in [0.25, 0.3) is 0 Å². The summed E-state index contributed by atoms with van der Waals surface area (Å²) in [5.41, 5.74) is 2.19. The lowest BCUT2D eigenvalue weighted by Gasteiger charge is -1.94. The molecule has 0 saturated heterocycles. The first kappa shape index (κ1) is 14.2. The minimum atomic E-state index is 0.628. The molecule has 2 aromatic rings. The number of carbonyl (C=O) groups excluding carboxylic acids is 1. The van der Waals surface area contributed by atoms with E-state index in [1.54, 1.807) is 30.6 Å². The van der Waals surface area contributed by atoms with E-state index in [-0.39, 0.29) is 0 Å². The summed E-state index contributed by atoms with van der Waals surface area (Å²) in [6.07, 6.45) is 4.04. The molecule has 0 aliphatic carbocycles. The van der Waals surface area contributed by atoms with Crippen LogP contribution in [0.4, 0.5) is 0 Å². The van der Waals surface area contributed by atoms with Crippen molar-refractivity contribution in [2.24, 2.45) is 0 Å². The molecule has 0 aliphatic rings. The van der Waals surface area contributed by atoms with Crippen molar-refractivity contribution < 1.29 is 4.79 Å². The lowest BCUT2D eigenvalue weighted by atomic mass is 10.2. The zero-order valence-electron chi connectivity index (χ0n) is 10.3. The van der Waals surface area contributed by atoms with E-state index in [9.17, 15) is 4.79 Å². The quantitative estimate of drug-likeness (QED) is 0.688. The zero-order chi connectivity index (χ0) is 12.4. The van der Waals surface area contributed by atoms with Gasteiger partial charge in [0.2, 0.25) is 0 Å². The van der Waals surface area contributed by atoms with Gasteiger partial charge in [0.05, 0.1) is 11.0 Å². The van der Waals surface area contributed by atoms with Crippen molar-refractivity contribution >= 4 is 17.3 Å². The third-order valence-electron chi connectivity index (χ3n) is 1.63. The smallest absolute Gasteiger partial charge is 0.150 e. The van der Waals surface area contributed by atoms with E-state index < -0.39 is 0 Å². The Labute approximate surface area is 96.6 Å². The number of fused-ring (bicyclic) bond motifs is 1. The number of hydrogen-bond acceptors (Lipinski definition) is 3. The van der Waals surface area contributed by atoms with Crippen LogP contribution in [0, 0.1) is 0 Å². The molecule has 0 bridgehead atoms. The summed E-state index contributed by atoms with van der Waals surface area (Å²) in [5, 5.41) is 0. The van der Waals surface area contributed by atoms with Gasteiger partial charge >= 0.3 is 0 Å². The predicted molar refractivity (Wildman–Crippen MR) is 67.6 cm³/mol. The van der Waals surface area contributed by atoms with Gasteiger partial charge in [0, 0.05) is 18.0 Å². The summed E-state index contributed by atoms with van der Waals surface area (Å²) in [5.74, 6) is 0. The maximum atomic E-state index is 10.4. The molecule has 1 heterocycles. The highest BCUT2D eigenvalue weighted by molar-refractivity contribution is 5.84. The molecule has 1 aromatic carbocycles. The largest absolute Gasteiger partial charge is 0.298 e. The lowest BCUT2D eigenvalue weighted by molar-refractivity contribution is 0.112. The molecule has 2 rings (SSSR count). The molecule has 0 saturated carbocycles. The van der Waals surface area contributed by atoms with Gasteiger partial charge in [-0.05, 0) is 18.2 Å². The first-order valence-corrected chi connectivity index (χ1v) is 5.56. The summed E-state index contributed by atoms with van der Waals surface area (Å²) >= 11 is 0. The van der Waals surface area contributed by atoms with E-state index in [2.05, 4.69) is 9.97 Å². The molecular formula is C13H18N2O. The Morgan fingerprint density at radius 1 is 0.938 bits per heavy atom. The third-order valence-corrected chi connectivity index (χ3v) is 1.63. The number of aromatic nitrogens is 2. The van der Waals surface area contributed by atoms with Gasteiger partial charge in [0.1, 0.15) is 6.29 Å². The van der Waals surface area contributed by atoms with Crippen molar-refractivity contribution in [3.05, 3.63) is 36.2 Å². The molecule has 0 amide bonds. The second-order valence-electron chi connectivity index (χ2n) is 2.42. The topological polar surface area (TPSA) is 42.9 Å². The molecule has 86 valence electrons. The van der Waals surface area contributed by atoms with Crippen LogP contribution in [0.1, 0.15) is 38.1 Å². The first-order valence-electron chi connectivity index (χ1n) is 5.56. The number of nitrogens with zero attached hydrogens (tertiary/aromatic N) is 2. The average Bonchev–Trinajstić information content (AvgIpc) is 2.42. The Bertz CT molecular complexity index is 427. The highest BCUT2D eigenvalue weighted by Crippen LogP contribution is 2.08. The first-order chi connectivity index (χ1) is 7.90. The van der Waals surface area contributed by atoms with E-state index in [1.807, 2.05) is 27.7 Å². The zero-order valence-corrected chi connectivity index (χ0v) is 10.3. The Morgan fingerprint density at radius 3 is 2.06 bits per heavy atom. The van der Waals surface area contributed by atoms with Crippen molar-refractivity contribution in [2.75, 3.05) is 0 Å². The van der Waals surface area contributed by atoms with E-state index >= 15 is 0 Å². The van der Waals surface area contributed by atoms with Gasteiger partial charge in [-0.1, -0.05) is 27.7 Å². The highest BCUT2D eigenvalue weighted by atomic mass is 16.1.